The number of ether oxygens (including phenoxy) is 2. The van der Waals surface area contributed by atoms with Gasteiger partial charge in [0.1, 0.15) is 0 Å². The molecule has 0 atom stereocenters. The van der Waals surface area contributed by atoms with Crippen LogP contribution in [0.3, 0.4) is 0 Å². The SMILES string of the molecule is Cc1nn(CC(C)C)c(C)c1CC(=O)Nc1ccc2c(c1)OCO2. The van der Waals surface area contributed by atoms with Crippen molar-refractivity contribution in [3.8, 4) is 11.5 Å². The second-order valence-electron chi connectivity index (χ2n) is 6.52. The molecule has 1 aromatic heterocycles. The molecule has 24 heavy (non-hydrogen) atoms. The molecule has 0 saturated carbocycles. The van der Waals surface area contributed by atoms with Crippen LogP contribution in [0.1, 0.15) is 30.8 Å². The Bertz CT molecular complexity index is 765. The van der Waals surface area contributed by atoms with Gasteiger partial charge in [-0.25, -0.2) is 0 Å². The molecule has 1 aliphatic rings. The zero-order valence-corrected chi connectivity index (χ0v) is 14.5. The molecular weight excluding hydrogens is 306 g/mol. The van der Waals surface area contributed by atoms with E-state index in [4.69, 9.17) is 9.47 Å². The highest BCUT2D eigenvalue weighted by molar-refractivity contribution is 5.92. The lowest BCUT2D eigenvalue weighted by Gasteiger charge is -2.09. The van der Waals surface area contributed by atoms with Crippen LogP contribution < -0.4 is 14.8 Å². The van der Waals surface area contributed by atoms with Crippen LogP contribution in [0, 0.1) is 19.8 Å². The fourth-order valence-electron chi connectivity index (χ4n) is 2.85. The molecule has 1 amide bonds. The molecule has 2 aromatic rings. The van der Waals surface area contributed by atoms with Crippen LogP contribution in [0.5, 0.6) is 11.5 Å². The Morgan fingerprint density at radius 2 is 2.04 bits per heavy atom. The van der Waals surface area contributed by atoms with Crippen LogP contribution in [0.2, 0.25) is 0 Å². The smallest absolute Gasteiger partial charge is 0.231 e. The molecule has 1 aromatic carbocycles. The lowest BCUT2D eigenvalue weighted by Crippen LogP contribution is -2.15. The molecule has 1 aliphatic heterocycles. The molecule has 128 valence electrons. The van der Waals surface area contributed by atoms with E-state index in [0.717, 1.165) is 23.5 Å². The lowest BCUT2D eigenvalue weighted by molar-refractivity contribution is -0.115. The molecule has 0 aliphatic carbocycles. The summed E-state index contributed by atoms with van der Waals surface area (Å²) in [6, 6.07) is 5.39. The molecule has 6 nitrogen and oxygen atoms in total. The van der Waals surface area contributed by atoms with E-state index < -0.39 is 0 Å². The maximum Gasteiger partial charge on any atom is 0.231 e. The van der Waals surface area contributed by atoms with E-state index in [1.807, 2.05) is 24.6 Å². The lowest BCUT2D eigenvalue weighted by atomic mass is 10.1. The first-order valence-corrected chi connectivity index (χ1v) is 8.16. The second-order valence-corrected chi connectivity index (χ2v) is 6.52. The van der Waals surface area contributed by atoms with Crippen molar-refractivity contribution in [1.29, 1.82) is 0 Å². The van der Waals surface area contributed by atoms with Crippen molar-refractivity contribution in [2.45, 2.75) is 40.7 Å². The summed E-state index contributed by atoms with van der Waals surface area (Å²) in [5.41, 5.74) is 3.67. The van der Waals surface area contributed by atoms with Gasteiger partial charge in [-0.05, 0) is 31.9 Å². The molecule has 0 bridgehead atoms. The average molecular weight is 329 g/mol. The highest BCUT2D eigenvalue weighted by Gasteiger charge is 2.17. The molecule has 0 spiro atoms. The van der Waals surface area contributed by atoms with Gasteiger partial charge in [0.25, 0.3) is 0 Å². The number of benzene rings is 1. The van der Waals surface area contributed by atoms with Crippen LogP contribution >= 0.6 is 0 Å². The summed E-state index contributed by atoms with van der Waals surface area (Å²) in [4.78, 5) is 12.4. The van der Waals surface area contributed by atoms with E-state index >= 15 is 0 Å². The number of carbonyl (C=O) groups is 1. The van der Waals surface area contributed by atoms with Gasteiger partial charge in [0.2, 0.25) is 12.7 Å². The Morgan fingerprint density at radius 3 is 2.79 bits per heavy atom. The largest absolute Gasteiger partial charge is 0.454 e. The number of nitrogens with zero attached hydrogens (tertiary/aromatic N) is 2. The number of fused-ring (bicyclic) bond motifs is 1. The standard InChI is InChI=1S/C18H23N3O3/c1-11(2)9-21-13(4)15(12(3)20-21)8-18(22)19-14-5-6-16-17(7-14)24-10-23-16/h5-7,11H,8-10H2,1-4H3,(H,19,22). The zero-order chi connectivity index (χ0) is 17.3. The Hall–Kier alpha value is -2.50. The van der Waals surface area contributed by atoms with Crippen molar-refractivity contribution < 1.29 is 14.3 Å². The fourth-order valence-corrected chi connectivity index (χ4v) is 2.85. The van der Waals surface area contributed by atoms with E-state index in [9.17, 15) is 4.79 Å². The first kappa shape index (κ1) is 16.4. The fraction of sp³-hybridized carbons (Fsp3) is 0.444. The predicted octanol–water partition coefficient (Wildman–Crippen LogP) is 3.07. The number of hydrogen-bond acceptors (Lipinski definition) is 4. The van der Waals surface area contributed by atoms with Gasteiger partial charge in [0.05, 0.1) is 12.1 Å². The number of aromatic nitrogens is 2. The zero-order valence-electron chi connectivity index (χ0n) is 14.5. The van der Waals surface area contributed by atoms with E-state index in [0.29, 0.717) is 29.5 Å². The van der Waals surface area contributed by atoms with Crippen molar-refractivity contribution in [3.05, 3.63) is 35.2 Å². The van der Waals surface area contributed by atoms with Crippen LogP contribution in [0.4, 0.5) is 5.69 Å². The highest BCUT2D eigenvalue weighted by Crippen LogP contribution is 2.34. The normalized spacial score (nSPS) is 12.7. The van der Waals surface area contributed by atoms with Gasteiger partial charge in [-0.15, -0.1) is 0 Å². The highest BCUT2D eigenvalue weighted by atomic mass is 16.7. The maximum absolute atomic E-state index is 12.4. The van der Waals surface area contributed by atoms with Gasteiger partial charge >= 0.3 is 0 Å². The van der Waals surface area contributed by atoms with Crippen LogP contribution in [0.25, 0.3) is 0 Å². The van der Waals surface area contributed by atoms with Crippen molar-refractivity contribution in [2.24, 2.45) is 5.92 Å². The Balaban J connectivity index is 1.70. The number of amides is 1. The topological polar surface area (TPSA) is 65.4 Å². The first-order chi connectivity index (χ1) is 11.4. The minimum Gasteiger partial charge on any atom is -0.454 e. The quantitative estimate of drug-likeness (QED) is 0.915. The minimum atomic E-state index is -0.0656. The van der Waals surface area contributed by atoms with Gasteiger partial charge in [0.15, 0.2) is 11.5 Å². The number of hydrogen-bond donors (Lipinski definition) is 1. The molecule has 6 heteroatoms. The second kappa shape index (κ2) is 6.55. The van der Waals surface area contributed by atoms with E-state index in [-0.39, 0.29) is 12.7 Å². The molecule has 1 N–H and O–H groups in total. The molecule has 0 saturated heterocycles. The molecule has 0 radical (unpaired) electrons. The van der Waals surface area contributed by atoms with Gasteiger partial charge < -0.3 is 14.8 Å². The minimum absolute atomic E-state index is 0.0656. The van der Waals surface area contributed by atoms with E-state index in [1.54, 1.807) is 12.1 Å². The van der Waals surface area contributed by atoms with Gasteiger partial charge in [-0.3, -0.25) is 9.48 Å². The van der Waals surface area contributed by atoms with Crippen molar-refractivity contribution in [2.75, 3.05) is 12.1 Å². The summed E-state index contributed by atoms with van der Waals surface area (Å²) in [6.07, 6.45) is 0.310. The third-order valence-corrected chi connectivity index (χ3v) is 4.06. The summed E-state index contributed by atoms with van der Waals surface area (Å²) in [5, 5.41) is 7.47. The first-order valence-electron chi connectivity index (χ1n) is 8.16. The summed E-state index contributed by atoms with van der Waals surface area (Å²) < 4.78 is 12.6. The Labute approximate surface area is 141 Å². The third-order valence-electron chi connectivity index (χ3n) is 4.06. The van der Waals surface area contributed by atoms with Crippen molar-refractivity contribution in [1.82, 2.24) is 9.78 Å². The number of anilines is 1. The number of carbonyl (C=O) groups excluding carboxylic acids is 1. The van der Waals surface area contributed by atoms with Gasteiger partial charge in [0, 0.05) is 29.6 Å². The van der Waals surface area contributed by atoms with Crippen LogP contribution in [0.15, 0.2) is 18.2 Å². The van der Waals surface area contributed by atoms with E-state index in [2.05, 4.69) is 24.3 Å². The number of nitrogens with one attached hydrogen (secondary N) is 1. The molecule has 0 fully saturated rings. The number of aryl methyl sites for hydroxylation is 1. The van der Waals surface area contributed by atoms with Crippen LogP contribution in [-0.2, 0) is 17.8 Å². The summed E-state index contributed by atoms with van der Waals surface area (Å²) >= 11 is 0. The van der Waals surface area contributed by atoms with Crippen molar-refractivity contribution >= 4 is 11.6 Å². The molecular formula is C18H23N3O3. The van der Waals surface area contributed by atoms with Crippen molar-refractivity contribution in [3.63, 3.8) is 0 Å². The summed E-state index contributed by atoms with van der Waals surface area (Å²) in [5.74, 6) is 1.81. The number of rotatable bonds is 5. The molecule has 3 rings (SSSR count). The van der Waals surface area contributed by atoms with E-state index in [1.165, 1.54) is 0 Å². The Kier molecular flexibility index (Phi) is 4.46. The monoisotopic (exact) mass is 329 g/mol. The Morgan fingerprint density at radius 1 is 1.29 bits per heavy atom. The van der Waals surface area contributed by atoms with Gasteiger partial charge in [-0.1, -0.05) is 13.8 Å². The predicted molar refractivity (Wildman–Crippen MR) is 91.4 cm³/mol. The molecule has 2 heterocycles. The van der Waals surface area contributed by atoms with Gasteiger partial charge in [-0.2, -0.15) is 5.10 Å². The van der Waals surface area contributed by atoms with Crippen LogP contribution in [-0.4, -0.2) is 22.5 Å². The third kappa shape index (κ3) is 3.37. The summed E-state index contributed by atoms with van der Waals surface area (Å²) in [7, 11) is 0. The summed E-state index contributed by atoms with van der Waals surface area (Å²) in [6.45, 7) is 9.36. The molecule has 0 unspecified atom stereocenters. The maximum atomic E-state index is 12.4. The average Bonchev–Trinajstić information content (AvgIpc) is 3.07.